The minimum absolute atomic E-state index is 0.155. The molecule has 2 rings (SSSR count). The third-order valence-corrected chi connectivity index (χ3v) is 2.68. The lowest BCUT2D eigenvalue weighted by Gasteiger charge is -2.13. The summed E-state index contributed by atoms with van der Waals surface area (Å²) in [4.78, 5) is 0. The zero-order valence-electron chi connectivity index (χ0n) is 10.8. The van der Waals surface area contributed by atoms with E-state index in [4.69, 9.17) is 9.15 Å². The van der Waals surface area contributed by atoms with Crippen LogP contribution in [0.3, 0.4) is 0 Å². The average molecular weight is 245 g/mol. The van der Waals surface area contributed by atoms with Crippen molar-refractivity contribution in [3.05, 3.63) is 48.4 Å². The highest BCUT2D eigenvalue weighted by molar-refractivity contribution is 5.47. The Morgan fingerprint density at radius 1 is 1.22 bits per heavy atom. The highest BCUT2D eigenvalue weighted by Crippen LogP contribution is 2.21. The van der Waals surface area contributed by atoms with Crippen molar-refractivity contribution in [1.82, 2.24) is 0 Å². The van der Waals surface area contributed by atoms with Crippen LogP contribution in [0.2, 0.25) is 0 Å². The predicted molar refractivity (Wildman–Crippen MR) is 73.0 cm³/mol. The normalized spacial score (nSPS) is 12.1. The lowest BCUT2D eigenvalue weighted by atomic mass is 10.2. The molecule has 0 fully saturated rings. The molecule has 0 saturated heterocycles. The van der Waals surface area contributed by atoms with E-state index in [0.29, 0.717) is 0 Å². The first-order valence-electron chi connectivity index (χ1n) is 6.32. The van der Waals surface area contributed by atoms with Gasteiger partial charge in [0, 0.05) is 5.69 Å². The summed E-state index contributed by atoms with van der Waals surface area (Å²) in [6.45, 7) is 4.93. The summed E-state index contributed by atoms with van der Waals surface area (Å²) in [7, 11) is 0. The van der Waals surface area contributed by atoms with Crippen LogP contribution in [0.1, 0.15) is 32.1 Å². The Kier molecular flexibility index (Phi) is 4.29. The Hall–Kier alpha value is -1.90. The monoisotopic (exact) mass is 245 g/mol. The van der Waals surface area contributed by atoms with Gasteiger partial charge in [-0.15, -0.1) is 0 Å². The minimum atomic E-state index is 0.155. The van der Waals surface area contributed by atoms with E-state index in [1.807, 2.05) is 36.4 Å². The van der Waals surface area contributed by atoms with Gasteiger partial charge in [0.25, 0.3) is 0 Å². The fourth-order valence-corrected chi connectivity index (χ4v) is 1.73. The Balaban J connectivity index is 1.93. The maximum Gasteiger partial charge on any atom is 0.125 e. The van der Waals surface area contributed by atoms with Crippen LogP contribution in [0.5, 0.6) is 5.75 Å². The number of ether oxygens (including phenoxy) is 1. The summed E-state index contributed by atoms with van der Waals surface area (Å²) in [6.07, 6.45) is 2.71. The number of rotatable bonds is 6. The molecule has 0 bridgehead atoms. The molecule has 1 heterocycles. The molecule has 0 aliphatic rings. The van der Waals surface area contributed by atoms with Crippen molar-refractivity contribution >= 4 is 5.69 Å². The van der Waals surface area contributed by atoms with E-state index in [1.165, 1.54) is 0 Å². The van der Waals surface area contributed by atoms with Gasteiger partial charge in [-0.3, -0.25) is 0 Å². The SMILES string of the molecule is CCCOc1ccc(NC(C)c2ccco2)cc1. The van der Waals surface area contributed by atoms with Gasteiger partial charge >= 0.3 is 0 Å². The maximum atomic E-state index is 5.54. The second kappa shape index (κ2) is 6.15. The molecule has 1 atom stereocenters. The second-order valence-corrected chi connectivity index (χ2v) is 4.25. The van der Waals surface area contributed by atoms with E-state index in [1.54, 1.807) is 6.26 Å². The van der Waals surface area contributed by atoms with Gasteiger partial charge < -0.3 is 14.5 Å². The van der Waals surface area contributed by atoms with Gasteiger partial charge in [0.1, 0.15) is 11.5 Å². The van der Waals surface area contributed by atoms with Crippen LogP contribution in [-0.2, 0) is 0 Å². The number of furan rings is 1. The third-order valence-electron chi connectivity index (χ3n) is 2.68. The van der Waals surface area contributed by atoms with Gasteiger partial charge in [0.15, 0.2) is 0 Å². The average Bonchev–Trinajstić information content (AvgIpc) is 2.92. The first-order valence-corrected chi connectivity index (χ1v) is 6.32. The van der Waals surface area contributed by atoms with Gasteiger partial charge in [-0.2, -0.15) is 0 Å². The largest absolute Gasteiger partial charge is 0.494 e. The van der Waals surface area contributed by atoms with Gasteiger partial charge in [-0.1, -0.05) is 6.92 Å². The molecule has 18 heavy (non-hydrogen) atoms. The van der Waals surface area contributed by atoms with Crippen molar-refractivity contribution in [3.8, 4) is 5.75 Å². The Labute approximate surface area is 108 Å². The molecule has 3 nitrogen and oxygen atoms in total. The van der Waals surface area contributed by atoms with E-state index >= 15 is 0 Å². The van der Waals surface area contributed by atoms with Crippen molar-refractivity contribution in [1.29, 1.82) is 0 Å². The third kappa shape index (κ3) is 3.29. The molecule has 0 spiro atoms. The molecule has 1 unspecified atom stereocenters. The standard InChI is InChI=1S/C15H19NO2/c1-3-10-17-14-8-6-13(7-9-14)16-12(2)15-5-4-11-18-15/h4-9,11-12,16H,3,10H2,1-2H3. The fourth-order valence-electron chi connectivity index (χ4n) is 1.73. The number of anilines is 1. The van der Waals surface area contributed by atoms with E-state index < -0.39 is 0 Å². The summed E-state index contributed by atoms with van der Waals surface area (Å²) < 4.78 is 10.9. The first kappa shape index (κ1) is 12.6. The van der Waals surface area contributed by atoms with Gasteiger partial charge in [0.05, 0.1) is 18.9 Å². The van der Waals surface area contributed by atoms with Crippen LogP contribution >= 0.6 is 0 Å². The smallest absolute Gasteiger partial charge is 0.125 e. The molecular formula is C15H19NO2. The number of hydrogen-bond donors (Lipinski definition) is 1. The van der Waals surface area contributed by atoms with Gasteiger partial charge in [0.2, 0.25) is 0 Å². The lowest BCUT2D eigenvalue weighted by Crippen LogP contribution is -2.05. The van der Waals surface area contributed by atoms with E-state index in [2.05, 4.69) is 19.2 Å². The predicted octanol–water partition coefficient (Wildman–Crippen LogP) is 4.24. The summed E-state index contributed by atoms with van der Waals surface area (Å²) in [6, 6.07) is 12.0. The van der Waals surface area contributed by atoms with Crippen LogP contribution in [0, 0.1) is 0 Å². The topological polar surface area (TPSA) is 34.4 Å². The summed E-state index contributed by atoms with van der Waals surface area (Å²) >= 11 is 0. The molecule has 1 N–H and O–H groups in total. The van der Waals surface area contributed by atoms with E-state index in [0.717, 1.165) is 30.2 Å². The van der Waals surface area contributed by atoms with Crippen molar-refractivity contribution in [2.75, 3.05) is 11.9 Å². The van der Waals surface area contributed by atoms with Crippen molar-refractivity contribution in [2.45, 2.75) is 26.3 Å². The zero-order valence-corrected chi connectivity index (χ0v) is 10.8. The molecular weight excluding hydrogens is 226 g/mol. The van der Waals surface area contributed by atoms with E-state index in [9.17, 15) is 0 Å². The van der Waals surface area contributed by atoms with Crippen molar-refractivity contribution in [2.24, 2.45) is 0 Å². The molecule has 96 valence electrons. The van der Waals surface area contributed by atoms with Crippen molar-refractivity contribution in [3.63, 3.8) is 0 Å². The maximum absolute atomic E-state index is 5.54. The Morgan fingerprint density at radius 2 is 2.00 bits per heavy atom. The van der Waals surface area contributed by atoms with Crippen LogP contribution in [0.4, 0.5) is 5.69 Å². The zero-order chi connectivity index (χ0) is 12.8. The van der Waals surface area contributed by atoms with Crippen molar-refractivity contribution < 1.29 is 9.15 Å². The van der Waals surface area contributed by atoms with Crippen LogP contribution in [0.25, 0.3) is 0 Å². The second-order valence-electron chi connectivity index (χ2n) is 4.25. The fraction of sp³-hybridized carbons (Fsp3) is 0.333. The lowest BCUT2D eigenvalue weighted by molar-refractivity contribution is 0.317. The highest BCUT2D eigenvalue weighted by atomic mass is 16.5. The molecule has 3 heteroatoms. The number of hydrogen-bond acceptors (Lipinski definition) is 3. The minimum Gasteiger partial charge on any atom is -0.494 e. The molecule has 0 amide bonds. The summed E-state index contributed by atoms with van der Waals surface area (Å²) in [5, 5.41) is 3.38. The molecule has 0 saturated carbocycles. The molecule has 0 aliphatic carbocycles. The number of benzene rings is 1. The van der Waals surface area contributed by atoms with Crippen LogP contribution in [0.15, 0.2) is 47.1 Å². The van der Waals surface area contributed by atoms with Gasteiger partial charge in [-0.05, 0) is 49.7 Å². The van der Waals surface area contributed by atoms with Gasteiger partial charge in [-0.25, -0.2) is 0 Å². The highest BCUT2D eigenvalue weighted by Gasteiger charge is 2.07. The summed E-state index contributed by atoms with van der Waals surface area (Å²) in [5.41, 5.74) is 1.06. The molecule has 0 radical (unpaired) electrons. The summed E-state index contributed by atoms with van der Waals surface area (Å²) in [5.74, 6) is 1.84. The Bertz CT molecular complexity index is 448. The molecule has 2 aromatic rings. The molecule has 1 aromatic heterocycles. The molecule has 1 aromatic carbocycles. The van der Waals surface area contributed by atoms with Crippen LogP contribution in [-0.4, -0.2) is 6.61 Å². The number of nitrogens with one attached hydrogen (secondary N) is 1. The Morgan fingerprint density at radius 3 is 2.61 bits per heavy atom. The van der Waals surface area contributed by atoms with Crippen LogP contribution < -0.4 is 10.1 Å². The quantitative estimate of drug-likeness (QED) is 0.826. The first-order chi connectivity index (χ1) is 8.79. The molecule has 0 aliphatic heterocycles. The van der Waals surface area contributed by atoms with E-state index in [-0.39, 0.29) is 6.04 Å².